The Morgan fingerprint density at radius 2 is 1.48 bits per heavy atom. The van der Waals surface area contributed by atoms with Gasteiger partial charge in [0.1, 0.15) is 11.4 Å². The molecule has 0 aliphatic carbocycles. The fourth-order valence-corrected chi connectivity index (χ4v) is 1.72. The molecule has 2 heterocycles. The minimum absolute atomic E-state index is 0.00567. The third-order valence-corrected chi connectivity index (χ3v) is 3.26. The number of carbonyl (C=O) groups excluding carboxylic acids is 2. The average molecular weight is 349 g/mol. The monoisotopic (exact) mass is 348 g/mol. The number of halogens is 1. The van der Waals surface area contributed by atoms with Gasteiger partial charge in [0.15, 0.2) is 11.6 Å². The van der Waals surface area contributed by atoms with Gasteiger partial charge < -0.3 is 0 Å². The van der Waals surface area contributed by atoms with Crippen LogP contribution in [0.5, 0.6) is 0 Å². The van der Waals surface area contributed by atoms with Crippen molar-refractivity contribution in [3.63, 3.8) is 0 Å². The van der Waals surface area contributed by atoms with Gasteiger partial charge in [-0.3, -0.25) is 19.6 Å². The Bertz CT molecular complexity index is 607. The van der Waals surface area contributed by atoms with Gasteiger partial charge in [-0.15, -0.1) is 0 Å². The lowest BCUT2D eigenvalue weighted by atomic mass is 10.2. The fourth-order valence-electron chi connectivity index (χ4n) is 1.39. The molecule has 0 aliphatic heterocycles. The van der Waals surface area contributed by atoms with Crippen LogP contribution in [0.1, 0.15) is 46.0 Å². The molecular formula is C16H17BrN2O2. The second-order valence-electron chi connectivity index (χ2n) is 4.52. The number of aromatic nitrogens is 2. The van der Waals surface area contributed by atoms with E-state index in [1.807, 2.05) is 19.1 Å². The van der Waals surface area contributed by atoms with Crippen LogP contribution in [0.15, 0.2) is 36.7 Å². The van der Waals surface area contributed by atoms with E-state index in [-0.39, 0.29) is 11.6 Å². The first kappa shape index (κ1) is 17.2. The van der Waals surface area contributed by atoms with Crippen molar-refractivity contribution in [2.45, 2.75) is 26.1 Å². The summed E-state index contributed by atoms with van der Waals surface area (Å²) < 4.78 is 0. The lowest BCUT2D eigenvalue weighted by Crippen LogP contribution is -1.95. The van der Waals surface area contributed by atoms with Gasteiger partial charge in [0.2, 0.25) is 0 Å². The quantitative estimate of drug-likeness (QED) is 0.625. The zero-order valence-electron chi connectivity index (χ0n) is 12.3. The molecule has 5 heteroatoms. The van der Waals surface area contributed by atoms with Crippen molar-refractivity contribution in [1.82, 2.24) is 9.97 Å². The maximum atomic E-state index is 10.8. The molecular weight excluding hydrogens is 332 g/mol. The van der Waals surface area contributed by atoms with Crippen molar-refractivity contribution in [3.05, 3.63) is 59.2 Å². The van der Waals surface area contributed by atoms with Gasteiger partial charge in [-0.25, -0.2) is 0 Å². The lowest BCUT2D eigenvalue weighted by Gasteiger charge is -1.95. The van der Waals surface area contributed by atoms with E-state index in [1.54, 1.807) is 24.5 Å². The summed E-state index contributed by atoms with van der Waals surface area (Å²) in [5, 5.41) is 0.776. The number of Topliss-reactive ketones (excluding diaryl/α,β-unsaturated/α-hetero) is 2. The molecule has 2 rings (SSSR count). The van der Waals surface area contributed by atoms with E-state index in [1.165, 1.54) is 13.8 Å². The van der Waals surface area contributed by atoms with E-state index in [2.05, 4.69) is 25.9 Å². The maximum Gasteiger partial charge on any atom is 0.178 e. The molecule has 0 spiro atoms. The van der Waals surface area contributed by atoms with Gasteiger partial charge >= 0.3 is 0 Å². The van der Waals surface area contributed by atoms with E-state index in [0.29, 0.717) is 11.4 Å². The average Bonchev–Trinajstić information content (AvgIpc) is 2.48. The molecule has 0 bridgehead atoms. The molecule has 0 N–H and O–H groups in total. The van der Waals surface area contributed by atoms with Crippen LogP contribution in [0.3, 0.4) is 0 Å². The molecule has 0 radical (unpaired) electrons. The highest BCUT2D eigenvalue weighted by atomic mass is 79.9. The van der Waals surface area contributed by atoms with E-state index >= 15 is 0 Å². The minimum Gasteiger partial charge on any atom is -0.293 e. The molecule has 0 unspecified atom stereocenters. The highest BCUT2D eigenvalue weighted by molar-refractivity contribution is 9.08. The van der Waals surface area contributed by atoms with Gasteiger partial charge in [0.25, 0.3) is 0 Å². The predicted octanol–water partition coefficient (Wildman–Crippen LogP) is 3.77. The molecule has 0 saturated heterocycles. The first-order valence-electron chi connectivity index (χ1n) is 6.39. The van der Waals surface area contributed by atoms with Crippen molar-refractivity contribution in [1.29, 1.82) is 0 Å². The predicted molar refractivity (Wildman–Crippen MR) is 85.9 cm³/mol. The van der Waals surface area contributed by atoms with Crippen LogP contribution in [-0.2, 0) is 5.33 Å². The van der Waals surface area contributed by atoms with Crippen molar-refractivity contribution in [2.24, 2.45) is 0 Å². The van der Waals surface area contributed by atoms with Crippen molar-refractivity contribution < 1.29 is 9.59 Å². The van der Waals surface area contributed by atoms with Crippen LogP contribution in [0.2, 0.25) is 0 Å². The van der Waals surface area contributed by atoms with Crippen LogP contribution >= 0.6 is 15.9 Å². The summed E-state index contributed by atoms with van der Waals surface area (Å²) in [5.74, 6) is 0.0196. The number of ketones is 2. The summed E-state index contributed by atoms with van der Waals surface area (Å²) in [6.07, 6.45) is 3.39. The molecule has 0 aliphatic rings. The largest absolute Gasteiger partial charge is 0.293 e. The van der Waals surface area contributed by atoms with Gasteiger partial charge in [0, 0.05) is 31.6 Å². The zero-order chi connectivity index (χ0) is 15.8. The minimum atomic E-state index is 0.00567. The Morgan fingerprint density at radius 1 is 0.952 bits per heavy atom. The standard InChI is InChI=1S/C8H8BrNO.C8H9NO/c1-6(11)8-3-2-7(4-9)5-10-8;1-6-3-4-8(7(2)10)9-5-6/h2-3,5H,4H2,1H3;3-5H,1-2H3. The number of pyridine rings is 2. The normalized spacial score (nSPS) is 9.52. The summed E-state index contributed by atoms with van der Waals surface area (Å²) in [5.41, 5.74) is 3.21. The Labute approximate surface area is 132 Å². The zero-order valence-corrected chi connectivity index (χ0v) is 13.8. The molecule has 0 aromatic carbocycles. The third-order valence-electron chi connectivity index (χ3n) is 2.61. The molecule has 0 amide bonds. The van der Waals surface area contributed by atoms with E-state index < -0.39 is 0 Å². The first-order chi connectivity index (χ1) is 9.93. The van der Waals surface area contributed by atoms with E-state index in [4.69, 9.17) is 0 Å². The SMILES string of the molecule is CC(=O)c1ccc(C)cn1.CC(=O)c1ccc(CBr)cn1. The Morgan fingerprint density at radius 3 is 1.81 bits per heavy atom. The van der Waals surface area contributed by atoms with Crippen molar-refractivity contribution in [2.75, 3.05) is 0 Å². The number of alkyl halides is 1. The highest BCUT2D eigenvalue weighted by Gasteiger charge is 1.99. The summed E-state index contributed by atoms with van der Waals surface area (Å²) in [6.45, 7) is 4.96. The molecule has 0 atom stereocenters. The van der Waals surface area contributed by atoms with Crippen molar-refractivity contribution >= 4 is 27.5 Å². The van der Waals surface area contributed by atoms with E-state index in [9.17, 15) is 9.59 Å². The topological polar surface area (TPSA) is 59.9 Å². The van der Waals surface area contributed by atoms with Gasteiger partial charge in [0.05, 0.1) is 0 Å². The van der Waals surface area contributed by atoms with E-state index in [0.717, 1.165) is 16.5 Å². The Kier molecular flexibility index (Phi) is 6.88. The number of hydrogen-bond donors (Lipinski definition) is 0. The lowest BCUT2D eigenvalue weighted by molar-refractivity contribution is 0.100. The molecule has 21 heavy (non-hydrogen) atoms. The first-order valence-corrected chi connectivity index (χ1v) is 7.51. The third kappa shape index (κ3) is 5.95. The maximum absolute atomic E-state index is 10.8. The number of rotatable bonds is 3. The van der Waals surface area contributed by atoms with Gasteiger partial charge in [-0.1, -0.05) is 28.1 Å². The van der Waals surface area contributed by atoms with Crippen LogP contribution < -0.4 is 0 Å². The number of carbonyl (C=O) groups is 2. The summed E-state index contributed by atoms with van der Waals surface area (Å²) in [7, 11) is 0. The van der Waals surface area contributed by atoms with Gasteiger partial charge in [-0.05, 0) is 30.2 Å². The summed E-state index contributed by atoms with van der Waals surface area (Å²) in [4.78, 5) is 29.4. The fraction of sp³-hybridized carbons (Fsp3) is 0.250. The second kappa shape index (κ2) is 8.42. The molecule has 110 valence electrons. The Balaban J connectivity index is 0.000000211. The molecule has 2 aromatic heterocycles. The summed E-state index contributed by atoms with van der Waals surface area (Å²) >= 11 is 3.29. The number of nitrogens with zero attached hydrogens (tertiary/aromatic N) is 2. The van der Waals surface area contributed by atoms with Crippen LogP contribution in [0, 0.1) is 6.92 Å². The number of aryl methyl sites for hydroxylation is 1. The Hall–Kier alpha value is -1.88. The molecule has 4 nitrogen and oxygen atoms in total. The molecule has 2 aromatic rings. The summed E-state index contributed by atoms with van der Waals surface area (Å²) in [6, 6.07) is 7.23. The van der Waals surface area contributed by atoms with Crippen molar-refractivity contribution in [3.8, 4) is 0 Å². The number of hydrogen-bond acceptors (Lipinski definition) is 4. The smallest absolute Gasteiger partial charge is 0.178 e. The van der Waals surface area contributed by atoms with Crippen LogP contribution in [0.4, 0.5) is 0 Å². The van der Waals surface area contributed by atoms with Gasteiger partial charge in [-0.2, -0.15) is 0 Å². The van der Waals surface area contributed by atoms with Crippen LogP contribution in [0.25, 0.3) is 0 Å². The molecule has 0 saturated carbocycles. The van der Waals surface area contributed by atoms with Crippen LogP contribution in [-0.4, -0.2) is 21.5 Å². The molecule has 0 fully saturated rings. The second-order valence-corrected chi connectivity index (χ2v) is 5.08. The highest BCUT2D eigenvalue weighted by Crippen LogP contribution is 2.04.